The average Bonchev–Trinajstić information content (AvgIpc) is 3.10. The summed E-state index contributed by atoms with van der Waals surface area (Å²) < 4.78 is 2.21. The monoisotopic (exact) mass is 318 g/mol. The molecular weight excluding hydrogens is 300 g/mol. The first kappa shape index (κ1) is 14.6. The summed E-state index contributed by atoms with van der Waals surface area (Å²) in [6, 6.07) is 14.1. The highest BCUT2D eigenvalue weighted by Crippen LogP contribution is 2.33. The number of nitrogens with zero attached hydrogens (tertiary/aromatic N) is 4. The zero-order chi connectivity index (χ0) is 16.5. The van der Waals surface area contributed by atoms with Crippen LogP contribution in [0.2, 0.25) is 0 Å². The highest BCUT2D eigenvalue weighted by atomic mass is 16.2. The summed E-state index contributed by atoms with van der Waals surface area (Å²) in [6.45, 7) is 3.30. The molecule has 5 nitrogen and oxygen atoms in total. The zero-order valence-corrected chi connectivity index (χ0v) is 13.5. The Kier molecular flexibility index (Phi) is 3.61. The second-order valence-electron chi connectivity index (χ2n) is 5.98. The maximum absolute atomic E-state index is 13.0. The van der Waals surface area contributed by atoms with Crippen LogP contribution in [0.15, 0.2) is 61.1 Å². The lowest BCUT2D eigenvalue weighted by Gasteiger charge is -2.37. The molecule has 5 heteroatoms. The number of amides is 1. The molecule has 0 bridgehead atoms. The van der Waals surface area contributed by atoms with Crippen molar-refractivity contribution < 1.29 is 4.79 Å². The molecule has 1 unspecified atom stereocenters. The lowest BCUT2D eigenvalue weighted by atomic mass is 9.99. The number of hydrogen-bond donors (Lipinski definition) is 0. The van der Waals surface area contributed by atoms with Crippen LogP contribution in [0.5, 0.6) is 0 Å². The molecule has 1 aliphatic rings. The van der Waals surface area contributed by atoms with Crippen molar-refractivity contribution in [1.29, 1.82) is 0 Å². The molecule has 120 valence electrons. The fourth-order valence-electron chi connectivity index (χ4n) is 3.24. The summed E-state index contributed by atoms with van der Waals surface area (Å²) in [6.07, 6.45) is 5.27. The average molecular weight is 318 g/mol. The Morgan fingerprint density at radius 2 is 1.88 bits per heavy atom. The molecule has 0 aliphatic carbocycles. The van der Waals surface area contributed by atoms with Crippen molar-refractivity contribution in [3.05, 3.63) is 83.7 Å². The minimum absolute atomic E-state index is 0.0798. The number of hydrogen-bond acceptors (Lipinski definition) is 3. The summed E-state index contributed by atoms with van der Waals surface area (Å²) in [5.41, 5.74) is 3.42. The molecule has 24 heavy (non-hydrogen) atoms. The van der Waals surface area contributed by atoms with Crippen LogP contribution in [0.1, 0.15) is 33.5 Å². The Morgan fingerprint density at radius 1 is 1.04 bits per heavy atom. The second kappa shape index (κ2) is 5.92. The third kappa shape index (κ3) is 2.48. The van der Waals surface area contributed by atoms with Gasteiger partial charge in [-0.1, -0.05) is 30.3 Å². The molecule has 0 saturated carbocycles. The van der Waals surface area contributed by atoms with Gasteiger partial charge in [-0.3, -0.25) is 9.78 Å². The van der Waals surface area contributed by atoms with Crippen LogP contribution in [0.25, 0.3) is 0 Å². The number of carbonyl (C=O) groups excluding carboxylic acids is 1. The highest BCUT2D eigenvalue weighted by Gasteiger charge is 2.33. The van der Waals surface area contributed by atoms with Gasteiger partial charge in [0.15, 0.2) is 0 Å². The van der Waals surface area contributed by atoms with Gasteiger partial charge in [-0.05, 0) is 24.6 Å². The van der Waals surface area contributed by atoms with Gasteiger partial charge in [0.25, 0.3) is 5.91 Å². The van der Waals surface area contributed by atoms with Crippen molar-refractivity contribution >= 4 is 5.91 Å². The normalized spacial score (nSPS) is 16.7. The van der Waals surface area contributed by atoms with Crippen LogP contribution >= 0.6 is 0 Å². The molecule has 1 amide bonds. The Balaban J connectivity index is 1.76. The van der Waals surface area contributed by atoms with E-state index in [0.29, 0.717) is 12.2 Å². The third-order valence-corrected chi connectivity index (χ3v) is 4.41. The van der Waals surface area contributed by atoms with E-state index < -0.39 is 0 Å². The van der Waals surface area contributed by atoms with Gasteiger partial charge < -0.3 is 9.47 Å². The van der Waals surface area contributed by atoms with Gasteiger partial charge in [-0.25, -0.2) is 4.98 Å². The van der Waals surface area contributed by atoms with Crippen LogP contribution in [-0.2, 0) is 6.54 Å². The Bertz CT molecular complexity index is 855. The number of fused-ring (bicyclic) bond motifs is 1. The molecule has 0 N–H and O–H groups in total. The number of aromatic nitrogens is 3. The van der Waals surface area contributed by atoms with Crippen LogP contribution in [0.4, 0.5) is 0 Å². The molecule has 4 rings (SSSR count). The van der Waals surface area contributed by atoms with Crippen molar-refractivity contribution in [2.75, 3.05) is 6.54 Å². The lowest BCUT2D eigenvalue weighted by Crippen LogP contribution is -2.42. The predicted molar refractivity (Wildman–Crippen MR) is 90.5 cm³/mol. The molecular formula is C19H18N4O. The van der Waals surface area contributed by atoms with E-state index in [4.69, 9.17) is 0 Å². The van der Waals surface area contributed by atoms with Gasteiger partial charge in [0.1, 0.15) is 5.69 Å². The summed E-state index contributed by atoms with van der Waals surface area (Å²) in [5, 5.41) is 0. The summed E-state index contributed by atoms with van der Waals surface area (Å²) in [7, 11) is 0. The molecule has 1 atom stereocenters. The summed E-state index contributed by atoms with van der Waals surface area (Å²) in [5.74, 6) is -0.0798. The van der Waals surface area contributed by atoms with Gasteiger partial charge in [-0.2, -0.15) is 0 Å². The van der Waals surface area contributed by atoms with Crippen LogP contribution in [-0.4, -0.2) is 31.9 Å². The molecule has 0 fully saturated rings. The fourth-order valence-corrected chi connectivity index (χ4v) is 3.24. The number of aryl methyl sites for hydroxylation is 1. The van der Waals surface area contributed by atoms with Crippen molar-refractivity contribution in [2.45, 2.75) is 19.5 Å². The highest BCUT2D eigenvalue weighted by molar-refractivity contribution is 5.92. The van der Waals surface area contributed by atoms with E-state index in [2.05, 4.69) is 38.9 Å². The smallest absolute Gasteiger partial charge is 0.274 e. The van der Waals surface area contributed by atoms with E-state index >= 15 is 0 Å². The molecule has 0 saturated heterocycles. The van der Waals surface area contributed by atoms with E-state index in [9.17, 15) is 4.79 Å². The van der Waals surface area contributed by atoms with E-state index in [-0.39, 0.29) is 11.9 Å². The molecule has 0 spiro atoms. The lowest BCUT2D eigenvalue weighted by molar-refractivity contribution is 0.0657. The standard InChI is InChI=1S/C19H18N4O/c1-14-12-21-16(13-20-14)19(24)23-11-10-22-9-5-8-17(22)18(23)15-6-3-2-4-7-15/h2-9,12-13,18H,10-11H2,1H3. The van der Waals surface area contributed by atoms with Crippen molar-refractivity contribution in [3.63, 3.8) is 0 Å². The van der Waals surface area contributed by atoms with E-state index in [0.717, 1.165) is 23.5 Å². The van der Waals surface area contributed by atoms with E-state index in [1.54, 1.807) is 12.4 Å². The number of carbonyl (C=O) groups is 1. The fraction of sp³-hybridized carbons (Fsp3) is 0.211. The zero-order valence-electron chi connectivity index (χ0n) is 13.5. The van der Waals surface area contributed by atoms with Crippen molar-refractivity contribution in [1.82, 2.24) is 19.4 Å². The Labute approximate surface area is 140 Å². The Hall–Kier alpha value is -2.95. The predicted octanol–water partition coefficient (Wildman–Crippen LogP) is 2.83. The van der Waals surface area contributed by atoms with Crippen LogP contribution in [0, 0.1) is 6.92 Å². The molecule has 2 aromatic heterocycles. The minimum atomic E-state index is -0.106. The maximum Gasteiger partial charge on any atom is 0.274 e. The first-order valence-electron chi connectivity index (χ1n) is 8.03. The van der Waals surface area contributed by atoms with Crippen molar-refractivity contribution in [3.8, 4) is 0 Å². The second-order valence-corrected chi connectivity index (χ2v) is 5.98. The van der Waals surface area contributed by atoms with Gasteiger partial charge >= 0.3 is 0 Å². The van der Waals surface area contributed by atoms with Gasteiger partial charge in [0.05, 0.1) is 17.9 Å². The van der Waals surface area contributed by atoms with E-state index in [1.807, 2.05) is 36.1 Å². The van der Waals surface area contributed by atoms with Crippen molar-refractivity contribution in [2.24, 2.45) is 0 Å². The Morgan fingerprint density at radius 3 is 2.62 bits per heavy atom. The van der Waals surface area contributed by atoms with Crippen LogP contribution in [0.3, 0.4) is 0 Å². The molecule has 1 aliphatic heterocycles. The third-order valence-electron chi connectivity index (χ3n) is 4.41. The summed E-state index contributed by atoms with van der Waals surface area (Å²) in [4.78, 5) is 23.4. The molecule has 3 aromatic rings. The first-order chi connectivity index (χ1) is 11.7. The van der Waals surface area contributed by atoms with Gasteiger partial charge in [-0.15, -0.1) is 0 Å². The van der Waals surface area contributed by atoms with Crippen LogP contribution < -0.4 is 0 Å². The SMILES string of the molecule is Cc1cnc(C(=O)N2CCn3cccc3C2c2ccccc2)cn1. The van der Waals surface area contributed by atoms with Gasteiger partial charge in [0.2, 0.25) is 0 Å². The molecule has 1 aromatic carbocycles. The number of rotatable bonds is 2. The molecule has 3 heterocycles. The number of benzene rings is 1. The topological polar surface area (TPSA) is 51.0 Å². The summed E-state index contributed by atoms with van der Waals surface area (Å²) >= 11 is 0. The maximum atomic E-state index is 13.0. The molecule has 0 radical (unpaired) electrons. The minimum Gasteiger partial charge on any atom is -0.348 e. The first-order valence-corrected chi connectivity index (χ1v) is 8.03. The van der Waals surface area contributed by atoms with E-state index in [1.165, 1.54) is 0 Å². The van der Waals surface area contributed by atoms with Gasteiger partial charge in [0, 0.05) is 31.2 Å². The largest absolute Gasteiger partial charge is 0.348 e. The quantitative estimate of drug-likeness (QED) is 0.730.